The van der Waals surface area contributed by atoms with Crippen LogP contribution in [0, 0.1) is 0 Å². The molecule has 11 nitrogen and oxygen atoms in total. The Labute approximate surface area is 321 Å². The number of alkyl carbamates (subject to hydrolysis) is 1. The van der Waals surface area contributed by atoms with E-state index >= 15 is 0 Å². The van der Waals surface area contributed by atoms with Crippen molar-refractivity contribution in [2.24, 2.45) is 11.5 Å². The van der Waals surface area contributed by atoms with Crippen LogP contribution in [-0.4, -0.2) is 61.2 Å². The van der Waals surface area contributed by atoms with Crippen molar-refractivity contribution in [1.82, 2.24) is 10.6 Å². The molecule has 0 radical (unpaired) electrons. The first-order valence-corrected chi connectivity index (χ1v) is 19.2. The van der Waals surface area contributed by atoms with Crippen LogP contribution in [0.2, 0.25) is 0 Å². The summed E-state index contributed by atoms with van der Waals surface area (Å²) in [5, 5.41) is 5.94. The molecular weight excluding hydrogens is 695 g/mol. The van der Waals surface area contributed by atoms with Gasteiger partial charge in [0.15, 0.2) is 0 Å². The van der Waals surface area contributed by atoms with Gasteiger partial charge >= 0.3 is 6.09 Å². The Morgan fingerprint density at radius 1 is 0.891 bits per heavy atom. The molecule has 0 bridgehead atoms. The molecule has 2 aliphatic heterocycles. The number of rotatable bonds is 15. The van der Waals surface area contributed by atoms with Crippen LogP contribution < -0.4 is 27.0 Å². The summed E-state index contributed by atoms with van der Waals surface area (Å²) in [6.45, 7) is 2.92. The van der Waals surface area contributed by atoms with Crippen molar-refractivity contribution >= 4 is 29.5 Å². The Kier molecular flexibility index (Phi) is 11.6. The number of carbonyl (C=O) groups excluding carboxylic acids is 4. The highest BCUT2D eigenvalue weighted by atomic mass is 16.5. The van der Waals surface area contributed by atoms with Crippen LogP contribution in [0.5, 0.6) is 0 Å². The Morgan fingerprint density at radius 2 is 1.56 bits per heavy atom. The number of primary amides is 1. The minimum absolute atomic E-state index is 0.0539. The number of amides is 4. The summed E-state index contributed by atoms with van der Waals surface area (Å²) in [4.78, 5) is 55.4. The van der Waals surface area contributed by atoms with E-state index in [2.05, 4.69) is 47.0 Å². The van der Waals surface area contributed by atoms with Crippen LogP contribution in [0.3, 0.4) is 0 Å². The summed E-state index contributed by atoms with van der Waals surface area (Å²) < 4.78 is 12.0. The highest BCUT2D eigenvalue weighted by molar-refractivity contribution is 6.07. The van der Waals surface area contributed by atoms with E-state index in [0.29, 0.717) is 32.4 Å². The van der Waals surface area contributed by atoms with E-state index in [9.17, 15) is 19.2 Å². The van der Waals surface area contributed by atoms with Crippen molar-refractivity contribution in [3.63, 3.8) is 0 Å². The van der Waals surface area contributed by atoms with E-state index in [4.69, 9.17) is 20.9 Å². The number of nitrogens with zero attached hydrogens (tertiary/aromatic N) is 1. The largest absolute Gasteiger partial charge is 0.449 e. The molecule has 2 heterocycles. The quantitative estimate of drug-likeness (QED) is 0.132. The van der Waals surface area contributed by atoms with E-state index in [-0.39, 0.29) is 37.2 Å². The van der Waals surface area contributed by atoms with E-state index in [0.717, 1.165) is 57.5 Å². The van der Waals surface area contributed by atoms with E-state index in [1.807, 2.05) is 61.5 Å². The number of hydrogen-bond acceptors (Lipinski definition) is 7. The summed E-state index contributed by atoms with van der Waals surface area (Å²) >= 11 is 0. The molecule has 0 spiro atoms. The average Bonchev–Trinajstić information content (AvgIpc) is 3.71. The van der Waals surface area contributed by atoms with Crippen LogP contribution in [0.25, 0.3) is 11.1 Å². The van der Waals surface area contributed by atoms with Gasteiger partial charge in [-0.2, -0.15) is 0 Å². The minimum atomic E-state index is -0.904. The predicted molar refractivity (Wildman–Crippen MR) is 210 cm³/mol. The number of ether oxygens (including phenoxy) is 2. The standard InChI is InChI=1S/C44H49N5O6/c1-27(54-25-29-17-15-28(16-18-29)8-7-23-45)37(21-22-40(46)50)47-42(51)39-24-31-10-6-9-30-19-20-38(43(52)49(39)41(30)31)48-44(53)55-26-36-34-13-4-2-11-32(34)33-12-3-5-14-35(33)36/h2-6,9-18,27,36-39H,7-8,19-26,45H2,1H3,(H2,46,50)(H,47,51)(H,48,53)/t27?,37?,38-,39-/m0/s1. The first-order valence-electron chi connectivity index (χ1n) is 19.2. The fourth-order valence-corrected chi connectivity index (χ4v) is 8.21. The molecule has 4 atom stereocenters. The molecule has 3 aliphatic rings. The van der Waals surface area contributed by atoms with Crippen molar-refractivity contribution in [1.29, 1.82) is 0 Å². The third-order valence-corrected chi connectivity index (χ3v) is 11.1. The summed E-state index contributed by atoms with van der Waals surface area (Å²) in [6.07, 6.45) is 2.19. The van der Waals surface area contributed by atoms with Gasteiger partial charge in [0.2, 0.25) is 17.7 Å². The molecule has 0 fully saturated rings. The van der Waals surface area contributed by atoms with Crippen LogP contribution >= 0.6 is 0 Å². The number of anilines is 1. The molecule has 0 aromatic heterocycles. The second-order valence-electron chi connectivity index (χ2n) is 14.8. The molecule has 0 saturated heterocycles. The number of benzene rings is 4. The SMILES string of the molecule is CC(OCc1ccc(CCCN)cc1)C(CCC(N)=O)NC(=O)[C@@H]1Cc2cccc3c2N1C(=O)[C@@H](NC(=O)OCC1c2ccccc2-c2ccccc21)CC3. The zero-order valence-electron chi connectivity index (χ0n) is 31.2. The third-order valence-electron chi connectivity index (χ3n) is 11.1. The lowest BCUT2D eigenvalue weighted by Crippen LogP contribution is -2.56. The molecule has 11 heteroatoms. The monoisotopic (exact) mass is 743 g/mol. The smallest absolute Gasteiger partial charge is 0.407 e. The first kappa shape index (κ1) is 37.8. The molecule has 7 rings (SSSR count). The molecule has 4 aromatic carbocycles. The van der Waals surface area contributed by atoms with Gasteiger partial charge in [-0.3, -0.25) is 19.3 Å². The molecule has 55 heavy (non-hydrogen) atoms. The fourth-order valence-electron chi connectivity index (χ4n) is 8.21. The van der Waals surface area contributed by atoms with Gasteiger partial charge in [0.1, 0.15) is 18.7 Å². The van der Waals surface area contributed by atoms with Gasteiger partial charge in [0, 0.05) is 18.8 Å². The second-order valence-corrected chi connectivity index (χ2v) is 14.8. The maximum absolute atomic E-state index is 14.4. The van der Waals surface area contributed by atoms with Crippen molar-refractivity contribution in [3.8, 4) is 11.1 Å². The normalized spacial score (nSPS) is 18.1. The summed E-state index contributed by atoms with van der Waals surface area (Å²) in [5.41, 5.74) is 20.3. The highest BCUT2D eigenvalue weighted by Crippen LogP contribution is 2.44. The van der Waals surface area contributed by atoms with Crippen molar-refractivity contribution in [2.75, 3.05) is 18.1 Å². The lowest BCUT2D eigenvalue weighted by Gasteiger charge is -2.31. The van der Waals surface area contributed by atoms with Crippen molar-refractivity contribution < 1.29 is 28.7 Å². The van der Waals surface area contributed by atoms with Gasteiger partial charge in [-0.05, 0) is 90.1 Å². The summed E-state index contributed by atoms with van der Waals surface area (Å²) in [7, 11) is 0. The lowest BCUT2D eigenvalue weighted by atomic mass is 9.98. The maximum atomic E-state index is 14.4. The summed E-state index contributed by atoms with van der Waals surface area (Å²) in [5.74, 6) is -1.35. The van der Waals surface area contributed by atoms with Gasteiger partial charge in [-0.25, -0.2) is 4.79 Å². The van der Waals surface area contributed by atoms with E-state index in [1.165, 1.54) is 5.56 Å². The number of fused-ring (bicyclic) bond motifs is 3. The Balaban J connectivity index is 1.02. The first-order chi connectivity index (χ1) is 26.7. The molecule has 2 unspecified atom stereocenters. The van der Waals surface area contributed by atoms with E-state index < -0.39 is 36.2 Å². The second kappa shape index (κ2) is 16.9. The molecular formula is C44H49N5O6. The number of aryl methyl sites for hydroxylation is 2. The van der Waals surface area contributed by atoms with Crippen LogP contribution in [0.15, 0.2) is 91.0 Å². The highest BCUT2D eigenvalue weighted by Gasteiger charge is 2.45. The van der Waals surface area contributed by atoms with Gasteiger partial charge in [0.25, 0.3) is 0 Å². The Morgan fingerprint density at radius 3 is 2.25 bits per heavy atom. The van der Waals surface area contributed by atoms with Crippen molar-refractivity contribution in [3.05, 3.63) is 124 Å². The molecule has 4 amide bonds. The molecule has 1 aliphatic carbocycles. The Hall–Kier alpha value is -5.52. The topological polar surface area (TPSA) is 166 Å². The predicted octanol–water partition coefficient (Wildman–Crippen LogP) is 5.04. The zero-order valence-corrected chi connectivity index (χ0v) is 31.2. The minimum Gasteiger partial charge on any atom is -0.449 e. The van der Waals surface area contributed by atoms with Crippen LogP contribution in [-0.2, 0) is 49.7 Å². The third kappa shape index (κ3) is 8.28. The van der Waals surface area contributed by atoms with Gasteiger partial charge in [0.05, 0.1) is 24.4 Å². The van der Waals surface area contributed by atoms with Crippen LogP contribution in [0.4, 0.5) is 10.5 Å². The summed E-state index contributed by atoms with van der Waals surface area (Å²) in [6, 6.07) is 27.9. The lowest BCUT2D eigenvalue weighted by molar-refractivity contribution is -0.128. The molecule has 6 N–H and O–H groups in total. The number of hydrogen-bond donors (Lipinski definition) is 4. The average molecular weight is 744 g/mol. The van der Waals surface area contributed by atoms with E-state index in [1.54, 1.807) is 4.90 Å². The van der Waals surface area contributed by atoms with Gasteiger partial charge in [-0.15, -0.1) is 0 Å². The van der Waals surface area contributed by atoms with Crippen molar-refractivity contribution in [2.45, 2.75) is 88.6 Å². The molecule has 286 valence electrons. The number of carbonyl (C=O) groups is 4. The Bertz CT molecular complexity index is 2010. The number of nitrogens with one attached hydrogen (secondary N) is 2. The van der Waals surface area contributed by atoms with Gasteiger partial charge < -0.3 is 31.6 Å². The van der Waals surface area contributed by atoms with Crippen LogP contribution in [0.1, 0.15) is 71.9 Å². The molecule has 4 aromatic rings. The molecule has 0 saturated carbocycles. The number of nitrogens with two attached hydrogens (primary N) is 2. The number of para-hydroxylation sites is 1. The fraction of sp³-hybridized carbons (Fsp3) is 0.364. The zero-order chi connectivity index (χ0) is 38.5. The van der Waals surface area contributed by atoms with Gasteiger partial charge in [-0.1, -0.05) is 91.0 Å². The maximum Gasteiger partial charge on any atom is 0.407 e.